The number of rotatable bonds is 3. The number of amides is 1. The van der Waals surface area contributed by atoms with E-state index in [1.807, 2.05) is 13.8 Å². The molecule has 0 aromatic heterocycles. The second-order valence-electron chi connectivity index (χ2n) is 6.10. The van der Waals surface area contributed by atoms with Gasteiger partial charge >= 0.3 is 6.18 Å². The van der Waals surface area contributed by atoms with Crippen molar-refractivity contribution in [2.75, 3.05) is 5.73 Å². The normalized spacial score (nSPS) is 20.0. The third-order valence-electron chi connectivity index (χ3n) is 3.46. The minimum atomic E-state index is -4.34. The van der Waals surface area contributed by atoms with Crippen molar-refractivity contribution in [2.24, 2.45) is 0 Å². The molecule has 0 bridgehead atoms. The van der Waals surface area contributed by atoms with Crippen molar-refractivity contribution in [3.8, 4) is 5.75 Å². The van der Waals surface area contributed by atoms with E-state index >= 15 is 0 Å². The van der Waals surface area contributed by atoms with Gasteiger partial charge in [-0.1, -0.05) is 0 Å². The summed E-state index contributed by atoms with van der Waals surface area (Å²) in [6.45, 7) is 3.72. The van der Waals surface area contributed by atoms with Gasteiger partial charge in [-0.3, -0.25) is 4.79 Å². The Kier molecular flexibility index (Phi) is 4.26. The molecule has 2 rings (SSSR count). The molecule has 3 N–H and O–H groups in total. The maximum absolute atomic E-state index is 12.2. The molecule has 122 valence electrons. The Bertz CT molecular complexity index is 570. The average molecular weight is 316 g/mol. The zero-order valence-corrected chi connectivity index (χ0v) is 12.5. The lowest BCUT2D eigenvalue weighted by molar-refractivity contribution is -0.144. The van der Waals surface area contributed by atoms with E-state index in [0.29, 0.717) is 23.4 Å². The molecule has 22 heavy (non-hydrogen) atoms. The molecule has 1 aromatic rings. The van der Waals surface area contributed by atoms with Gasteiger partial charge in [-0.2, -0.15) is 13.2 Å². The maximum atomic E-state index is 12.2. The molecule has 0 saturated heterocycles. The van der Waals surface area contributed by atoms with Gasteiger partial charge in [-0.05, 0) is 32.0 Å². The van der Waals surface area contributed by atoms with Crippen LogP contribution in [0.15, 0.2) is 18.2 Å². The van der Waals surface area contributed by atoms with Crippen LogP contribution in [0.25, 0.3) is 0 Å². The molecule has 1 aromatic carbocycles. The standard InChI is InChI=1S/C15H19F3N2O2/c1-14(2)8-11(20-13(21)5-6-15(16,17)18)10-7-9(19)3-4-12(10)22-14/h3-4,7,11H,5-6,8,19H2,1-2H3,(H,20,21). The average Bonchev–Trinajstić information content (AvgIpc) is 2.35. The van der Waals surface area contributed by atoms with E-state index in [1.54, 1.807) is 18.2 Å². The van der Waals surface area contributed by atoms with Gasteiger partial charge in [0.2, 0.25) is 5.91 Å². The zero-order valence-electron chi connectivity index (χ0n) is 12.5. The van der Waals surface area contributed by atoms with E-state index in [9.17, 15) is 18.0 Å². The number of hydrogen-bond donors (Lipinski definition) is 2. The fourth-order valence-corrected chi connectivity index (χ4v) is 2.52. The van der Waals surface area contributed by atoms with Gasteiger partial charge < -0.3 is 15.8 Å². The number of ether oxygens (including phenoxy) is 1. The summed E-state index contributed by atoms with van der Waals surface area (Å²) in [5.41, 5.74) is 6.42. The highest BCUT2D eigenvalue weighted by Crippen LogP contribution is 2.40. The number of anilines is 1. The molecule has 1 atom stereocenters. The molecular formula is C15H19F3N2O2. The highest BCUT2D eigenvalue weighted by Gasteiger charge is 2.35. The summed E-state index contributed by atoms with van der Waals surface area (Å²) in [5, 5.41) is 2.66. The number of benzene rings is 1. The van der Waals surface area contributed by atoms with E-state index in [1.165, 1.54) is 0 Å². The van der Waals surface area contributed by atoms with Gasteiger partial charge in [0.05, 0.1) is 12.5 Å². The van der Waals surface area contributed by atoms with Crippen LogP contribution in [0.2, 0.25) is 0 Å². The van der Waals surface area contributed by atoms with E-state index in [2.05, 4.69) is 5.32 Å². The lowest BCUT2D eigenvalue weighted by Gasteiger charge is -2.38. The number of carbonyl (C=O) groups excluding carboxylic acids is 1. The number of halogens is 3. The van der Waals surface area contributed by atoms with Gasteiger partial charge in [0.1, 0.15) is 11.4 Å². The molecule has 0 saturated carbocycles. The van der Waals surface area contributed by atoms with Crippen molar-refractivity contribution in [1.29, 1.82) is 0 Å². The number of fused-ring (bicyclic) bond motifs is 1. The predicted octanol–water partition coefficient (Wildman–Crippen LogP) is 3.33. The number of alkyl halides is 3. The van der Waals surface area contributed by atoms with Crippen LogP contribution in [0, 0.1) is 0 Å². The Morgan fingerprint density at radius 2 is 2.14 bits per heavy atom. The molecule has 0 radical (unpaired) electrons. The van der Waals surface area contributed by atoms with E-state index < -0.39 is 36.6 Å². The van der Waals surface area contributed by atoms with Gasteiger partial charge in [0.25, 0.3) is 0 Å². The Morgan fingerprint density at radius 1 is 1.45 bits per heavy atom. The summed E-state index contributed by atoms with van der Waals surface area (Å²) in [6.07, 6.45) is -5.59. The Labute approximate surface area is 126 Å². The van der Waals surface area contributed by atoms with Crippen LogP contribution in [0.1, 0.15) is 44.7 Å². The highest BCUT2D eigenvalue weighted by molar-refractivity contribution is 5.76. The first-order valence-corrected chi connectivity index (χ1v) is 7.00. The van der Waals surface area contributed by atoms with Crippen molar-refractivity contribution < 1.29 is 22.7 Å². The molecule has 1 unspecified atom stereocenters. The lowest BCUT2D eigenvalue weighted by Crippen LogP contribution is -2.41. The molecule has 0 aliphatic carbocycles. The van der Waals surface area contributed by atoms with Gasteiger partial charge in [0.15, 0.2) is 0 Å². The van der Waals surface area contributed by atoms with E-state index in [4.69, 9.17) is 10.5 Å². The molecule has 4 nitrogen and oxygen atoms in total. The van der Waals surface area contributed by atoms with Crippen LogP contribution in [0.4, 0.5) is 18.9 Å². The Balaban J connectivity index is 2.13. The fourth-order valence-electron chi connectivity index (χ4n) is 2.52. The number of nitrogens with one attached hydrogen (secondary N) is 1. The Hall–Kier alpha value is -1.92. The minimum absolute atomic E-state index is 0.414. The molecule has 0 spiro atoms. The number of carbonyl (C=O) groups is 1. The monoisotopic (exact) mass is 316 g/mol. The molecule has 7 heteroatoms. The Morgan fingerprint density at radius 3 is 2.77 bits per heavy atom. The summed E-state index contributed by atoms with van der Waals surface area (Å²) in [7, 11) is 0. The number of hydrogen-bond acceptors (Lipinski definition) is 3. The second kappa shape index (κ2) is 5.70. The SMILES string of the molecule is CC1(C)CC(NC(=O)CCC(F)(F)F)c2cc(N)ccc2O1. The van der Waals surface area contributed by atoms with Crippen LogP contribution in [-0.2, 0) is 4.79 Å². The van der Waals surface area contributed by atoms with Crippen LogP contribution < -0.4 is 15.8 Å². The predicted molar refractivity (Wildman–Crippen MR) is 76.4 cm³/mol. The van der Waals surface area contributed by atoms with Crippen molar-refractivity contribution >= 4 is 11.6 Å². The molecule has 1 amide bonds. The van der Waals surface area contributed by atoms with Gasteiger partial charge in [-0.15, -0.1) is 0 Å². The fraction of sp³-hybridized carbons (Fsp3) is 0.533. The van der Waals surface area contributed by atoms with E-state index in [0.717, 1.165) is 0 Å². The molecule has 1 aliphatic rings. The summed E-state index contributed by atoms with van der Waals surface area (Å²) in [4.78, 5) is 11.8. The van der Waals surface area contributed by atoms with Crippen molar-refractivity contribution in [2.45, 2.75) is 50.9 Å². The third kappa shape index (κ3) is 4.29. The molecule has 1 heterocycles. The summed E-state index contributed by atoms with van der Waals surface area (Å²) in [6, 6.07) is 4.66. The molecule has 0 fully saturated rings. The minimum Gasteiger partial charge on any atom is -0.487 e. The van der Waals surface area contributed by atoms with Crippen LogP contribution >= 0.6 is 0 Å². The highest BCUT2D eigenvalue weighted by atomic mass is 19.4. The van der Waals surface area contributed by atoms with E-state index in [-0.39, 0.29) is 0 Å². The smallest absolute Gasteiger partial charge is 0.389 e. The topological polar surface area (TPSA) is 64.4 Å². The quantitative estimate of drug-likeness (QED) is 0.841. The van der Waals surface area contributed by atoms with Gasteiger partial charge in [-0.25, -0.2) is 0 Å². The van der Waals surface area contributed by atoms with Crippen molar-refractivity contribution in [3.05, 3.63) is 23.8 Å². The summed E-state index contributed by atoms with van der Waals surface area (Å²) < 4.78 is 42.4. The molecule has 1 aliphatic heterocycles. The van der Waals surface area contributed by atoms with Crippen molar-refractivity contribution in [3.63, 3.8) is 0 Å². The number of nitrogens with two attached hydrogens (primary N) is 1. The van der Waals surface area contributed by atoms with Crippen LogP contribution in [-0.4, -0.2) is 17.7 Å². The first-order valence-electron chi connectivity index (χ1n) is 7.00. The van der Waals surface area contributed by atoms with Gasteiger partial charge in [0, 0.05) is 24.1 Å². The number of nitrogen functional groups attached to an aromatic ring is 1. The van der Waals surface area contributed by atoms with Crippen LogP contribution in [0.3, 0.4) is 0 Å². The first-order chi connectivity index (χ1) is 10.1. The summed E-state index contributed by atoms with van der Waals surface area (Å²) >= 11 is 0. The van der Waals surface area contributed by atoms with Crippen molar-refractivity contribution in [1.82, 2.24) is 5.32 Å². The summed E-state index contributed by atoms with van der Waals surface area (Å²) in [5.74, 6) is -0.0417. The molecular weight excluding hydrogens is 297 g/mol. The van der Waals surface area contributed by atoms with Crippen LogP contribution in [0.5, 0.6) is 5.75 Å². The largest absolute Gasteiger partial charge is 0.487 e. The second-order valence-corrected chi connectivity index (χ2v) is 6.10. The maximum Gasteiger partial charge on any atom is 0.389 e. The third-order valence-corrected chi connectivity index (χ3v) is 3.46. The zero-order chi connectivity index (χ0) is 16.5. The lowest BCUT2D eigenvalue weighted by atomic mass is 9.89. The first kappa shape index (κ1) is 16.5.